The standard InChI is InChI=1S/C13H21N3O2S/c1-3-4-7-14-13(18)15-12(17)10-16(2)9-11-6-5-8-19-11/h5-6,8H,3-4,7,9-10H2,1-2H3,(H2,14,15,17,18). The summed E-state index contributed by atoms with van der Waals surface area (Å²) in [5, 5.41) is 6.97. The molecule has 0 unspecified atom stereocenters. The van der Waals surface area contributed by atoms with Crippen molar-refractivity contribution >= 4 is 23.3 Å². The second-order valence-corrected chi connectivity index (χ2v) is 5.44. The van der Waals surface area contributed by atoms with Gasteiger partial charge in [-0.25, -0.2) is 4.79 Å². The van der Waals surface area contributed by atoms with E-state index >= 15 is 0 Å². The molecule has 1 aromatic heterocycles. The lowest BCUT2D eigenvalue weighted by molar-refractivity contribution is -0.120. The lowest BCUT2D eigenvalue weighted by atomic mass is 10.3. The number of imide groups is 1. The number of thiophene rings is 1. The van der Waals surface area contributed by atoms with Crippen molar-refractivity contribution < 1.29 is 9.59 Å². The van der Waals surface area contributed by atoms with Gasteiger partial charge in [0.1, 0.15) is 0 Å². The number of carbonyl (C=O) groups excluding carboxylic acids is 2. The summed E-state index contributed by atoms with van der Waals surface area (Å²) in [6.45, 7) is 3.56. The minimum atomic E-state index is -0.414. The van der Waals surface area contributed by atoms with Gasteiger partial charge in [-0.2, -0.15) is 0 Å². The van der Waals surface area contributed by atoms with Crippen molar-refractivity contribution in [2.24, 2.45) is 0 Å². The predicted molar refractivity (Wildman–Crippen MR) is 77.1 cm³/mol. The fourth-order valence-electron chi connectivity index (χ4n) is 1.56. The topological polar surface area (TPSA) is 61.4 Å². The number of unbranched alkanes of at least 4 members (excludes halogenated alkanes) is 1. The van der Waals surface area contributed by atoms with Gasteiger partial charge < -0.3 is 5.32 Å². The lowest BCUT2D eigenvalue weighted by Gasteiger charge is -2.15. The van der Waals surface area contributed by atoms with Crippen LogP contribution in [-0.2, 0) is 11.3 Å². The first-order valence-electron chi connectivity index (χ1n) is 6.40. The van der Waals surface area contributed by atoms with Gasteiger partial charge in [0.2, 0.25) is 5.91 Å². The molecule has 5 nitrogen and oxygen atoms in total. The molecular formula is C13H21N3O2S. The molecule has 19 heavy (non-hydrogen) atoms. The molecule has 0 radical (unpaired) electrons. The highest BCUT2D eigenvalue weighted by Crippen LogP contribution is 2.10. The lowest BCUT2D eigenvalue weighted by Crippen LogP contribution is -2.43. The Morgan fingerprint density at radius 2 is 2.21 bits per heavy atom. The third-order valence-electron chi connectivity index (χ3n) is 2.49. The molecule has 0 fully saturated rings. The number of rotatable bonds is 7. The van der Waals surface area contributed by atoms with Crippen LogP contribution in [0.25, 0.3) is 0 Å². The Kier molecular flexibility index (Phi) is 7.14. The molecule has 0 bridgehead atoms. The number of hydrogen-bond donors (Lipinski definition) is 2. The van der Waals surface area contributed by atoms with Crippen LogP contribution in [0.5, 0.6) is 0 Å². The van der Waals surface area contributed by atoms with Crippen LogP contribution in [0.15, 0.2) is 17.5 Å². The molecule has 6 heteroatoms. The zero-order valence-electron chi connectivity index (χ0n) is 11.4. The summed E-state index contributed by atoms with van der Waals surface area (Å²) < 4.78 is 0. The fraction of sp³-hybridized carbons (Fsp3) is 0.538. The number of nitrogens with zero attached hydrogens (tertiary/aromatic N) is 1. The number of nitrogens with one attached hydrogen (secondary N) is 2. The molecule has 3 amide bonds. The third kappa shape index (κ3) is 6.93. The van der Waals surface area contributed by atoms with Crippen molar-refractivity contribution in [3.05, 3.63) is 22.4 Å². The van der Waals surface area contributed by atoms with Crippen molar-refractivity contribution in [2.45, 2.75) is 26.3 Å². The maximum absolute atomic E-state index is 11.6. The van der Waals surface area contributed by atoms with E-state index in [4.69, 9.17) is 0 Å². The summed E-state index contributed by atoms with van der Waals surface area (Å²) in [5.41, 5.74) is 0. The SMILES string of the molecule is CCCCNC(=O)NC(=O)CN(C)Cc1cccs1. The quantitative estimate of drug-likeness (QED) is 0.750. The largest absolute Gasteiger partial charge is 0.338 e. The summed E-state index contributed by atoms with van der Waals surface area (Å²) in [5.74, 6) is -0.284. The van der Waals surface area contributed by atoms with E-state index in [1.807, 2.05) is 36.4 Å². The summed E-state index contributed by atoms with van der Waals surface area (Å²) in [6.07, 6.45) is 1.93. The van der Waals surface area contributed by atoms with E-state index in [-0.39, 0.29) is 12.5 Å². The van der Waals surface area contributed by atoms with Crippen LogP contribution in [0.2, 0.25) is 0 Å². The monoisotopic (exact) mass is 283 g/mol. The highest BCUT2D eigenvalue weighted by Gasteiger charge is 2.10. The Labute approximate surface area is 118 Å². The summed E-state index contributed by atoms with van der Waals surface area (Å²) in [4.78, 5) is 26.1. The zero-order chi connectivity index (χ0) is 14.1. The van der Waals surface area contributed by atoms with Crippen molar-refractivity contribution in [2.75, 3.05) is 20.1 Å². The van der Waals surface area contributed by atoms with Crippen LogP contribution >= 0.6 is 11.3 Å². The zero-order valence-corrected chi connectivity index (χ0v) is 12.3. The van der Waals surface area contributed by atoms with Crippen molar-refractivity contribution in [3.8, 4) is 0 Å². The number of likely N-dealkylation sites (N-methyl/N-ethyl adjacent to an activating group) is 1. The summed E-state index contributed by atoms with van der Waals surface area (Å²) in [7, 11) is 1.86. The van der Waals surface area contributed by atoms with Crippen molar-refractivity contribution in [3.63, 3.8) is 0 Å². The van der Waals surface area contributed by atoms with Gasteiger partial charge in [-0.05, 0) is 24.9 Å². The Morgan fingerprint density at radius 1 is 1.42 bits per heavy atom. The second kappa shape index (κ2) is 8.66. The van der Waals surface area contributed by atoms with E-state index in [9.17, 15) is 9.59 Å². The van der Waals surface area contributed by atoms with E-state index in [1.54, 1.807) is 11.3 Å². The minimum absolute atomic E-state index is 0.207. The average Bonchev–Trinajstić information content (AvgIpc) is 2.81. The van der Waals surface area contributed by atoms with E-state index in [0.29, 0.717) is 13.1 Å². The molecule has 1 rings (SSSR count). The molecule has 2 N–H and O–H groups in total. The Morgan fingerprint density at radius 3 is 2.84 bits per heavy atom. The van der Waals surface area contributed by atoms with Crippen LogP contribution in [0.4, 0.5) is 4.79 Å². The predicted octanol–water partition coefficient (Wildman–Crippen LogP) is 1.81. The average molecular weight is 283 g/mol. The molecule has 0 aliphatic rings. The number of hydrogen-bond acceptors (Lipinski definition) is 4. The minimum Gasteiger partial charge on any atom is -0.338 e. The molecule has 0 aliphatic heterocycles. The molecule has 1 heterocycles. The third-order valence-corrected chi connectivity index (χ3v) is 3.35. The molecule has 0 saturated carbocycles. The molecule has 0 atom stereocenters. The van der Waals surface area contributed by atoms with Crippen LogP contribution < -0.4 is 10.6 Å². The number of urea groups is 1. The van der Waals surface area contributed by atoms with E-state index < -0.39 is 6.03 Å². The van der Waals surface area contributed by atoms with Gasteiger partial charge in [0.15, 0.2) is 0 Å². The van der Waals surface area contributed by atoms with Crippen molar-refractivity contribution in [1.29, 1.82) is 0 Å². The van der Waals surface area contributed by atoms with Gasteiger partial charge in [0.05, 0.1) is 6.54 Å². The van der Waals surface area contributed by atoms with Gasteiger partial charge in [-0.1, -0.05) is 19.4 Å². The maximum Gasteiger partial charge on any atom is 0.321 e. The normalized spacial score (nSPS) is 10.5. The highest BCUT2D eigenvalue weighted by atomic mass is 32.1. The molecule has 0 spiro atoms. The summed E-state index contributed by atoms with van der Waals surface area (Å²) in [6, 6.07) is 3.59. The Bertz CT molecular complexity index is 393. The van der Waals surface area contributed by atoms with Gasteiger partial charge in [0, 0.05) is 18.0 Å². The van der Waals surface area contributed by atoms with Gasteiger partial charge in [-0.15, -0.1) is 11.3 Å². The maximum atomic E-state index is 11.6. The van der Waals surface area contributed by atoms with Crippen LogP contribution in [-0.4, -0.2) is 37.0 Å². The fourth-order valence-corrected chi connectivity index (χ4v) is 2.34. The van der Waals surface area contributed by atoms with E-state index in [1.165, 1.54) is 4.88 Å². The Hall–Kier alpha value is -1.40. The molecule has 1 aromatic rings. The van der Waals surface area contributed by atoms with Crippen LogP contribution in [0, 0.1) is 0 Å². The number of carbonyl (C=O) groups is 2. The van der Waals surface area contributed by atoms with E-state index in [2.05, 4.69) is 10.6 Å². The first-order valence-corrected chi connectivity index (χ1v) is 7.28. The second-order valence-electron chi connectivity index (χ2n) is 4.41. The molecular weight excluding hydrogens is 262 g/mol. The van der Waals surface area contributed by atoms with Gasteiger partial charge >= 0.3 is 6.03 Å². The first kappa shape index (κ1) is 15.7. The molecule has 0 saturated heterocycles. The van der Waals surface area contributed by atoms with Gasteiger partial charge in [0.25, 0.3) is 0 Å². The smallest absolute Gasteiger partial charge is 0.321 e. The highest BCUT2D eigenvalue weighted by molar-refractivity contribution is 7.09. The number of amides is 3. The summed E-state index contributed by atoms with van der Waals surface area (Å²) >= 11 is 1.65. The molecule has 0 aromatic carbocycles. The van der Waals surface area contributed by atoms with Crippen LogP contribution in [0.1, 0.15) is 24.6 Å². The molecule has 106 valence electrons. The van der Waals surface area contributed by atoms with Crippen molar-refractivity contribution in [1.82, 2.24) is 15.5 Å². The Balaban J connectivity index is 2.21. The van der Waals surface area contributed by atoms with Gasteiger partial charge in [-0.3, -0.25) is 15.0 Å². The van der Waals surface area contributed by atoms with Crippen LogP contribution in [0.3, 0.4) is 0 Å². The van der Waals surface area contributed by atoms with E-state index in [0.717, 1.165) is 12.8 Å². The molecule has 0 aliphatic carbocycles. The first-order chi connectivity index (χ1) is 9.11.